The van der Waals surface area contributed by atoms with Gasteiger partial charge in [0.05, 0.1) is 7.11 Å². The highest BCUT2D eigenvalue weighted by atomic mass is 16.5. The first-order valence-electron chi connectivity index (χ1n) is 6.71. The van der Waals surface area contributed by atoms with Crippen molar-refractivity contribution >= 4 is 5.91 Å². The van der Waals surface area contributed by atoms with Crippen LogP contribution < -0.4 is 20.5 Å². The lowest BCUT2D eigenvalue weighted by Gasteiger charge is -2.24. The molecule has 112 valence electrons. The summed E-state index contributed by atoms with van der Waals surface area (Å²) < 4.78 is 10.6. The van der Waals surface area contributed by atoms with Gasteiger partial charge in [-0.05, 0) is 38.0 Å². The predicted molar refractivity (Wildman–Crippen MR) is 78.9 cm³/mol. The summed E-state index contributed by atoms with van der Waals surface area (Å²) in [5.41, 5.74) is 6.24. The Bertz CT molecular complexity index is 458. The summed E-state index contributed by atoms with van der Waals surface area (Å²) in [5, 5.41) is 3.48. The Hall–Kier alpha value is -1.75. The molecule has 1 amide bonds. The van der Waals surface area contributed by atoms with Crippen LogP contribution in [0.3, 0.4) is 0 Å². The molecule has 0 saturated carbocycles. The Kier molecular flexibility index (Phi) is 5.82. The number of hydrogen-bond donors (Lipinski definition) is 2. The monoisotopic (exact) mass is 280 g/mol. The number of carbonyl (C=O) groups is 1. The first kappa shape index (κ1) is 16.3. The maximum Gasteiger partial charge on any atom is 0.255 e. The summed E-state index contributed by atoms with van der Waals surface area (Å²) in [5.74, 6) is 0.604. The first-order valence-corrected chi connectivity index (χ1v) is 6.71. The Balaban J connectivity index is 2.74. The fourth-order valence-corrected chi connectivity index (χ4v) is 1.56. The lowest BCUT2D eigenvalue weighted by atomic mass is 10.0. The van der Waals surface area contributed by atoms with Crippen LogP contribution in [-0.4, -0.2) is 25.2 Å². The van der Waals surface area contributed by atoms with Crippen molar-refractivity contribution in [1.82, 2.24) is 5.32 Å². The van der Waals surface area contributed by atoms with Crippen LogP contribution in [0.1, 0.15) is 32.8 Å². The standard InChI is InChI=1S/C15H24N2O3/c1-5-15(2,3)17-9-11-6-7-12(13(8-11)19-4)20-10-14(16)18/h6-8,17H,5,9-10H2,1-4H3,(H2,16,18). The number of methoxy groups -OCH3 is 1. The molecule has 5 nitrogen and oxygen atoms in total. The Morgan fingerprint density at radius 2 is 2.05 bits per heavy atom. The number of carbonyl (C=O) groups excluding carboxylic acids is 1. The van der Waals surface area contributed by atoms with Gasteiger partial charge in [-0.3, -0.25) is 4.79 Å². The third kappa shape index (κ3) is 5.09. The third-order valence-corrected chi connectivity index (χ3v) is 3.25. The molecule has 0 aromatic heterocycles. The van der Waals surface area contributed by atoms with E-state index < -0.39 is 5.91 Å². The highest BCUT2D eigenvalue weighted by Gasteiger charge is 2.14. The van der Waals surface area contributed by atoms with Crippen molar-refractivity contribution < 1.29 is 14.3 Å². The van der Waals surface area contributed by atoms with Gasteiger partial charge in [-0.15, -0.1) is 0 Å². The number of primary amides is 1. The van der Waals surface area contributed by atoms with E-state index in [0.29, 0.717) is 11.5 Å². The minimum Gasteiger partial charge on any atom is -0.493 e. The number of nitrogens with one attached hydrogen (secondary N) is 1. The van der Waals surface area contributed by atoms with Crippen LogP contribution >= 0.6 is 0 Å². The van der Waals surface area contributed by atoms with Gasteiger partial charge < -0.3 is 20.5 Å². The lowest BCUT2D eigenvalue weighted by Crippen LogP contribution is -2.37. The molecular formula is C15H24N2O3. The molecule has 3 N–H and O–H groups in total. The van der Waals surface area contributed by atoms with E-state index in [1.54, 1.807) is 13.2 Å². The molecular weight excluding hydrogens is 256 g/mol. The van der Waals surface area contributed by atoms with Crippen LogP contribution in [0.4, 0.5) is 0 Å². The summed E-state index contributed by atoms with van der Waals surface area (Å²) in [7, 11) is 1.57. The van der Waals surface area contributed by atoms with Gasteiger partial charge in [-0.2, -0.15) is 0 Å². The molecule has 0 bridgehead atoms. The van der Waals surface area contributed by atoms with E-state index in [-0.39, 0.29) is 12.1 Å². The second-order valence-corrected chi connectivity index (χ2v) is 5.33. The minimum absolute atomic E-state index is 0.0916. The molecule has 0 aliphatic carbocycles. The lowest BCUT2D eigenvalue weighted by molar-refractivity contribution is -0.119. The van der Waals surface area contributed by atoms with Crippen LogP contribution in [0.2, 0.25) is 0 Å². The SMILES string of the molecule is CCC(C)(C)NCc1ccc(OCC(N)=O)c(OC)c1. The van der Waals surface area contributed by atoms with Gasteiger partial charge in [0.1, 0.15) is 0 Å². The highest BCUT2D eigenvalue weighted by molar-refractivity contribution is 5.75. The molecule has 0 fully saturated rings. The third-order valence-electron chi connectivity index (χ3n) is 3.25. The van der Waals surface area contributed by atoms with Crippen molar-refractivity contribution in [1.29, 1.82) is 0 Å². The summed E-state index contributed by atoms with van der Waals surface area (Å²) in [6, 6.07) is 5.63. The van der Waals surface area contributed by atoms with Crippen LogP contribution in [0.15, 0.2) is 18.2 Å². The molecule has 0 unspecified atom stereocenters. The van der Waals surface area contributed by atoms with Crippen LogP contribution in [0.5, 0.6) is 11.5 Å². The van der Waals surface area contributed by atoms with E-state index in [2.05, 4.69) is 26.1 Å². The summed E-state index contributed by atoms with van der Waals surface area (Å²) in [6.07, 6.45) is 1.05. The number of benzene rings is 1. The molecule has 0 radical (unpaired) electrons. The van der Waals surface area contributed by atoms with E-state index >= 15 is 0 Å². The second kappa shape index (κ2) is 7.14. The second-order valence-electron chi connectivity index (χ2n) is 5.33. The molecule has 0 spiro atoms. The maximum atomic E-state index is 10.7. The van der Waals surface area contributed by atoms with Crippen LogP contribution in [0.25, 0.3) is 0 Å². The smallest absolute Gasteiger partial charge is 0.255 e. The number of rotatable bonds is 8. The van der Waals surface area contributed by atoms with Gasteiger partial charge in [0.15, 0.2) is 18.1 Å². The Morgan fingerprint density at radius 3 is 2.60 bits per heavy atom. The van der Waals surface area contributed by atoms with Gasteiger partial charge >= 0.3 is 0 Å². The van der Waals surface area contributed by atoms with Crippen molar-refractivity contribution in [2.24, 2.45) is 5.73 Å². The number of ether oxygens (including phenoxy) is 2. The summed E-state index contributed by atoms with van der Waals surface area (Å²) in [6.45, 7) is 7.06. The topological polar surface area (TPSA) is 73.6 Å². The van der Waals surface area contributed by atoms with Gasteiger partial charge in [0.2, 0.25) is 0 Å². The number of amides is 1. The fourth-order valence-electron chi connectivity index (χ4n) is 1.56. The van der Waals surface area contributed by atoms with Crippen LogP contribution in [0, 0.1) is 0 Å². The zero-order chi connectivity index (χ0) is 15.2. The number of hydrogen-bond acceptors (Lipinski definition) is 4. The van der Waals surface area contributed by atoms with E-state index in [0.717, 1.165) is 18.5 Å². The average molecular weight is 280 g/mol. The van der Waals surface area contributed by atoms with Crippen molar-refractivity contribution in [2.75, 3.05) is 13.7 Å². The Morgan fingerprint density at radius 1 is 1.35 bits per heavy atom. The zero-order valence-electron chi connectivity index (χ0n) is 12.7. The Labute approximate surface area is 120 Å². The first-order chi connectivity index (χ1) is 9.38. The molecule has 0 atom stereocenters. The van der Waals surface area contributed by atoms with Gasteiger partial charge in [-0.25, -0.2) is 0 Å². The quantitative estimate of drug-likeness (QED) is 0.762. The normalized spacial score (nSPS) is 11.2. The van der Waals surface area contributed by atoms with Gasteiger partial charge in [0, 0.05) is 12.1 Å². The van der Waals surface area contributed by atoms with Crippen molar-refractivity contribution in [3.63, 3.8) is 0 Å². The average Bonchev–Trinajstić information content (AvgIpc) is 2.43. The zero-order valence-corrected chi connectivity index (χ0v) is 12.7. The molecule has 0 aliphatic heterocycles. The molecule has 0 saturated heterocycles. The van der Waals surface area contributed by atoms with E-state index in [9.17, 15) is 4.79 Å². The van der Waals surface area contributed by atoms with E-state index in [4.69, 9.17) is 15.2 Å². The molecule has 0 aliphatic rings. The van der Waals surface area contributed by atoms with Crippen LogP contribution in [-0.2, 0) is 11.3 Å². The molecule has 20 heavy (non-hydrogen) atoms. The van der Waals surface area contributed by atoms with Gasteiger partial charge in [-0.1, -0.05) is 13.0 Å². The van der Waals surface area contributed by atoms with Crippen molar-refractivity contribution in [3.8, 4) is 11.5 Å². The summed E-state index contributed by atoms with van der Waals surface area (Å²) in [4.78, 5) is 10.7. The van der Waals surface area contributed by atoms with Crippen molar-refractivity contribution in [2.45, 2.75) is 39.3 Å². The fraction of sp³-hybridized carbons (Fsp3) is 0.533. The molecule has 1 rings (SSSR count). The minimum atomic E-state index is -0.512. The largest absolute Gasteiger partial charge is 0.493 e. The van der Waals surface area contributed by atoms with Crippen molar-refractivity contribution in [3.05, 3.63) is 23.8 Å². The molecule has 0 heterocycles. The molecule has 1 aromatic rings. The summed E-state index contributed by atoms with van der Waals surface area (Å²) >= 11 is 0. The maximum absolute atomic E-state index is 10.7. The highest BCUT2D eigenvalue weighted by Crippen LogP contribution is 2.28. The molecule has 1 aromatic carbocycles. The van der Waals surface area contributed by atoms with E-state index in [1.807, 2.05) is 12.1 Å². The molecule has 5 heteroatoms. The van der Waals surface area contributed by atoms with Gasteiger partial charge in [0.25, 0.3) is 5.91 Å². The van der Waals surface area contributed by atoms with E-state index in [1.165, 1.54) is 0 Å². The predicted octanol–water partition coefficient (Wildman–Crippen LogP) is 1.84. The number of nitrogens with two attached hydrogens (primary N) is 1.